The van der Waals surface area contributed by atoms with Gasteiger partial charge in [-0.1, -0.05) is 12.1 Å². The highest BCUT2D eigenvalue weighted by Crippen LogP contribution is 2.23. The van der Waals surface area contributed by atoms with Gasteiger partial charge in [-0.15, -0.1) is 0 Å². The van der Waals surface area contributed by atoms with Crippen LogP contribution in [0.1, 0.15) is 12.8 Å². The molecule has 0 saturated heterocycles. The van der Waals surface area contributed by atoms with Crippen molar-refractivity contribution in [1.29, 1.82) is 0 Å². The molecule has 17 heavy (non-hydrogen) atoms. The summed E-state index contributed by atoms with van der Waals surface area (Å²) in [5.74, 6) is -0.492. The average molecular weight is 257 g/mol. The summed E-state index contributed by atoms with van der Waals surface area (Å²) in [5, 5.41) is 12.4. The summed E-state index contributed by atoms with van der Waals surface area (Å²) >= 11 is 5.08. The quantitative estimate of drug-likeness (QED) is 0.496. The molecule has 0 bridgehead atoms. The summed E-state index contributed by atoms with van der Waals surface area (Å²) in [6, 6.07) is 5.76. The van der Waals surface area contributed by atoms with Gasteiger partial charge in [-0.05, 0) is 17.7 Å². The molecule has 1 aromatic rings. The molecule has 0 atom stereocenters. The molecule has 1 rings (SSSR count). The Morgan fingerprint density at radius 2 is 1.94 bits per heavy atom. The fourth-order valence-corrected chi connectivity index (χ4v) is 1.26. The van der Waals surface area contributed by atoms with Crippen LogP contribution in [-0.2, 0) is 9.59 Å². The molecular weight excluding hydrogens is 248 g/mol. The van der Waals surface area contributed by atoms with Gasteiger partial charge in [0.15, 0.2) is 0 Å². The minimum Gasteiger partial charge on any atom is -0.320 e. The maximum absolute atomic E-state index is 11.3. The first kappa shape index (κ1) is 13.1. The van der Waals surface area contributed by atoms with Gasteiger partial charge >= 0.3 is 0 Å². The number of rotatable bonds is 5. The van der Waals surface area contributed by atoms with Crippen LogP contribution in [0.2, 0.25) is 0 Å². The zero-order chi connectivity index (χ0) is 12.8. The van der Waals surface area contributed by atoms with Crippen LogP contribution in [0.3, 0.4) is 0 Å². The molecule has 6 nitrogen and oxygen atoms in total. The van der Waals surface area contributed by atoms with Crippen LogP contribution in [0.5, 0.6) is 0 Å². The van der Waals surface area contributed by atoms with Crippen molar-refractivity contribution in [2.24, 2.45) is 0 Å². The van der Waals surface area contributed by atoms with Gasteiger partial charge in [-0.2, -0.15) is 0 Å². The predicted octanol–water partition coefficient (Wildman–Crippen LogP) is 2.08. The third kappa shape index (κ3) is 4.20. The zero-order valence-corrected chi connectivity index (χ0v) is 9.44. The molecule has 1 N–H and O–H groups in total. The van der Waals surface area contributed by atoms with Crippen LogP contribution in [-0.4, -0.2) is 16.1 Å². The third-order valence-electron chi connectivity index (χ3n) is 1.92. The van der Waals surface area contributed by atoms with Crippen LogP contribution in [0.25, 0.3) is 0 Å². The molecule has 1 amide bonds. The first-order chi connectivity index (χ1) is 8.00. The van der Waals surface area contributed by atoms with E-state index in [1.807, 2.05) is 0 Å². The highest BCUT2D eigenvalue weighted by Gasteiger charge is 2.14. The fraction of sp³-hybridized carbons (Fsp3) is 0.200. The van der Waals surface area contributed by atoms with Gasteiger partial charge in [0.25, 0.3) is 5.69 Å². The van der Waals surface area contributed by atoms with Crippen LogP contribution < -0.4 is 5.32 Å². The Bertz CT molecular complexity index is 461. The second-order valence-electron chi connectivity index (χ2n) is 3.18. The number of amides is 1. The van der Waals surface area contributed by atoms with E-state index in [2.05, 4.69) is 5.32 Å². The van der Waals surface area contributed by atoms with Crippen LogP contribution >= 0.6 is 11.6 Å². The lowest BCUT2D eigenvalue weighted by Gasteiger charge is -2.04. The zero-order valence-electron chi connectivity index (χ0n) is 8.68. The fourth-order valence-electron chi connectivity index (χ4n) is 1.16. The van der Waals surface area contributed by atoms with E-state index in [9.17, 15) is 19.7 Å². The topological polar surface area (TPSA) is 89.3 Å². The number of nitro groups is 1. The number of anilines is 1. The molecule has 0 unspecified atom stereocenters. The van der Waals surface area contributed by atoms with Crippen molar-refractivity contribution in [2.45, 2.75) is 12.8 Å². The van der Waals surface area contributed by atoms with Gasteiger partial charge in [-0.25, -0.2) is 0 Å². The Labute approximate surface area is 102 Å². The molecular formula is C10H9ClN2O4. The molecule has 0 aliphatic carbocycles. The third-order valence-corrected chi connectivity index (χ3v) is 2.11. The lowest BCUT2D eigenvalue weighted by molar-refractivity contribution is -0.383. The number of hydrogen-bond donors (Lipinski definition) is 1. The van der Waals surface area contributed by atoms with Crippen molar-refractivity contribution in [2.75, 3.05) is 5.32 Å². The Hall–Kier alpha value is -1.95. The number of halogens is 1. The number of para-hydroxylation sites is 2. The molecule has 1 aromatic carbocycles. The normalized spacial score (nSPS) is 9.71. The van der Waals surface area contributed by atoms with Gasteiger partial charge in [0.2, 0.25) is 11.1 Å². The van der Waals surface area contributed by atoms with Crippen LogP contribution in [0, 0.1) is 10.1 Å². The minimum absolute atomic E-state index is 0.101. The van der Waals surface area contributed by atoms with E-state index in [1.165, 1.54) is 18.2 Å². The second kappa shape index (κ2) is 5.95. The van der Waals surface area contributed by atoms with Crippen molar-refractivity contribution in [3.8, 4) is 0 Å². The van der Waals surface area contributed by atoms with Gasteiger partial charge in [0.05, 0.1) is 4.92 Å². The van der Waals surface area contributed by atoms with Crippen LogP contribution in [0.15, 0.2) is 24.3 Å². The van der Waals surface area contributed by atoms with Crippen molar-refractivity contribution in [1.82, 2.24) is 0 Å². The van der Waals surface area contributed by atoms with Crippen molar-refractivity contribution in [3.05, 3.63) is 34.4 Å². The maximum Gasteiger partial charge on any atom is 0.292 e. The molecule has 90 valence electrons. The Morgan fingerprint density at radius 1 is 1.29 bits per heavy atom. The van der Waals surface area contributed by atoms with Crippen molar-refractivity contribution in [3.63, 3.8) is 0 Å². The summed E-state index contributed by atoms with van der Waals surface area (Å²) in [6.45, 7) is 0. The lowest BCUT2D eigenvalue weighted by Crippen LogP contribution is -2.13. The monoisotopic (exact) mass is 256 g/mol. The van der Waals surface area contributed by atoms with E-state index < -0.39 is 16.1 Å². The molecule has 0 aromatic heterocycles. The largest absolute Gasteiger partial charge is 0.320 e. The molecule has 7 heteroatoms. The Balaban J connectivity index is 2.71. The Morgan fingerprint density at radius 3 is 2.53 bits per heavy atom. The van der Waals surface area contributed by atoms with E-state index in [-0.39, 0.29) is 24.2 Å². The summed E-state index contributed by atoms with van der Waals surface area (Å²) in [4.78, 5) is 31.9. The smallest absolute Gasteiger partial charge is 0.292 e. The summed E-state index contributed by atoms with van der Waals surface area (Å²) < 4.78 is 0. The van der Waals surface area contributed by atoms with E-state index in [4.69, 9.17) is 11.6 Å². The molecule has 0 radical (unpaired) electrons. The molecule has 0 aliphatic heterocycles. The number of nitro benzene ring substituents is 1. The molecule has 0 heterocycles. The van der Waals surface area contributed by atoms with E-state index in [1.54, 1.807) is 6.07 Å². The highest BCUT2D eigenvalue weighted by molar-refractivity contribution is 6.63. The van der Waals surface area contributed by atoms with E-state index in [0.29, 0.717) is 0 Å². The van der Waals surface area contributed by atoms with Gasteiger partial charge in [0, 0.05) is 18.9 Å². The van der Waals surface area contributed by atoms with Crippen molar-refractivity contribution >= 4 is 34.1 Å². The molecule has 0 saturated carbocycles. The number of nitrogens with zero attached hydrogens (tertiary/aromatic N) is 1. The number of carbonyl (C=O) groups excluding carboxylic acids is 2. The van der Waals surface area contributed by atoms with Gasteiger partial charge in [0.1, 0.15) is 5.69 Å². The van der Waals surface area contributed by atoms with Gasteiger partial charge in [-0.3, -0.25) is 19.7 Å². The number of nitrogens with one attached hydrogen (secondary N) is 1. The maximum atomic E-state index is 11.3. The number of hydrogen-bond acceptors (Lipinski definition) is 4. The summed E-state index contributed by atoms with van der Waals surface area (Å²) in [7, 11) is 0. The summed E-state index contributed by atoms with van der Waals surface area (Å²) in [5.41, 5.74) is -0.0948. The van der Waals surface area contributed by atoms with E-state index >= 15 is 0 Å². The predicted molar refractivity (Wildman–Crippen MR) is 61.8 cm³/mol. The Kier molecular flexibility index (Phi) is 4.59. The highest BCUT2D eigenvalue weighted by atomic mass is 35.5. The summed E-state index contributed by atoms with van der Waals surface area (Å²) in [6.07, 6.45) is -0.206. The van der Waals surface area contributed by atoms with Crippen LogP contribution in [0.4, 0.5) is 11.4 Å². The van der Waals surface area contributed by atoms with E-state index in [0.717, 1.165) is 0 Å². The lowest BCUT2D eigenvalue weighted by atomic mass is 10.2. The SMILES string of the molecule is O=C(Cl)CCC(=O)Nc1ccccc1[N+](=O)[O-]. The second-order valence-corrected chi connectivity index (χ2v) is 3.60. The van der Waals surface area contributed by atoms with Gasteiger partial charge < -0.3 is 5.32 Å². The molecule has 0 spiro atoms. The first-order valence-electron chi connectivity index (χ1n) is 4.72. The minimum atomic E-state index is -0.622. The van der Waals surface area contributed by atoms with Crippen molar-refractivity contribution < 1.29 is 14.5 Å². The molecule has 0 fully saturated rings. The standard InChI is InChI=1S/C10H9ClN2O4/c11-9(14)5-6-10(15)12-7-3-1-2-4-8(7)13(16)17/h1-4H,5-6H2,(H,12,15). The number of benzene rings is 1. The molecule has 0 aliphatic rings. The number of carbonyl (C=O) groups is 2. The average Bonchev–Trinajstić information content (AvgIpc) is 2.27. The first-order valence-corrected chi connectivity index (χ1v) is 5.10.